The molecule has 242 valence electrons. The van der Waals surface area contributed by atoms with Gasteiger partial charge in [0.15, 0.2) is 9.84 Å². The summed E-state index contributed by atoms with van der Waals surface area (Å²) in [4.78, 5) is 22.6. The first-order valence-electron chi connectivity index (χ1n) is 14.1. The maximum Gasteiger partial charge on any atom is 0.421 e. The molecule has 2 aromatic carbocycles. The number of nitrogens with zero attached hydrogens (tertiary/aromatic N) is 3. The molecule has 1 aliphatic heterocycles. The first-order chi connectivity index (χ1) is 21.3. The van der Waals surface area contributed by atoms with Crippen LogP contribution in [0.5, 0.6) is 5.75 Å². The zero-order valence-corrected chi connectivity index (χ0v) is 25.6. The van der Waals surface area contributed by atoms with Crippen LogP contribution in [-0.4, -0.2) is 80.9 Å². The number of carbonyl (C=O) groups is 1. The SMILES string of the molecule is COc1ccc(NC(=O)OC2CCN(C)C2)cc1Nc1ncc(C(F)(F)F)c(N[C@@H]2Cc3ccccc3[C@H]2NCS(C)(=O)=O)n1. The summed E-state index contributed by atoms with van der Waals surface area (Å²) in [6.45, 7) is 1.45. The Morgan fingerprint density at radius 3 is 2.64 bits per heavy atom. The number of hydrogen-bond acceptors (Lipinski definition) is 11. The van der Waals surface area contributed by atoms with E-state index >= 15 is 0 Å². The molecule has 12 nitrogen and oxygen atoms in total. The number of hydrogen-bond donors (Lipinski definition) is 4. The lowest BCUT2D eigenvalue weighted by Crippen LogP contribution is -2.37. The van der Waals surface area contributed by atoms with E-state index in [0.29, 0.717) is 30.6 Å². The van der Waals surface area contributed by atoms with Crippen LogP contribution >= 0.6 is 0 Å². The van der Waals surface area contributed by atoms with Gasteiger partial charge in [-0.1, -0.05) is 24.3 Å². The van der Waals surface area contributed by atoms with Gasteiger partial charge in [0.1, 0.15) is 23.2 Å². The largest absolute Gasteiger partial charge is 0.495 e. The Hall–Kier alpha value is -4.15. The number of halogens is 3. The van der Waals surface area contributed by atoms with Gasteiger partial charge in [0.05, 0.1) is 30.8 Å². The monoisotopic (exact) mass is 649 g/mol. The van der Waals surface area contributed by atoms with E-state index in [9.17, 15) is 26.4 Å². The fourth-order valence-corrected chi connectivity index (χ4v) is 5.93. The van der Waals surface area contributed by atoms with E-state index in [0.717, 1.165) is 30.3 Å². The summed E-state index contributed by atoms with van der Waals surface area (Å²) in [7, 11) is -0.0562. The van der Waals surface area contributed by atoms with E-state index in [1.54, 1.807) is 18.2 Å². The highest BCUT2D eigenvalue weighted by Gasteiger charge is 2.39. The molecule has 3 atom stereocenters. The molecule has 45 heavy (non-hydrogen) atoms. The maximum atomic E-state index is 14.1. The lowest BCUT2D eigenvalue weighted by molar-refractivity contribution is -0.137. The zero-order valence-electron chi connectivity index (χ0n) is 24.8. The minimum atomic E-state index is -4.78. The lowest BCUT2D eigenvalue weighted by Gasteiger charge is -2.25. The molecule has 0 radical (unpaired) electrons. The Balaban J connectivity index is 1.39. The topological polar surface area (TPSA) is 147 Å². The van der Waals surface area contributed by atoms with Gasteiger partial charge in [-0.3, -0.25) is 10.6 Å². The van der Waals surface area contributed by atoms with E-state index < -0.39 is 45.6 Å². The molecule has 0 saturated carbocycles. The predicted octanol–water partition coefficient (Wildman–Crippen LogP) is 4.17. The van der Waals surface area contributed by atoms with Crippen molar-refractivity contribution in [1.82, 2.24) is 20.2 Å². The summed E-state index contributed by atoms with van der Waals surface area (Å²) in [5.41, 5.74) is 1.20. The molecule has 16 heteroatoms. The second-order valence-corrected chi connectivity index (χ2v) is 13.2. The second kappa shape index (κ2) is 13.1. The maximum absolute atomic E-state index is 14.1. The molecule has 4 N–H and O–H groups in total. The van der Waals surface area contributed by atoms with Crippen LogP contribution in [0.4, 0.5) is 41.1 Å². The van der Waals surface area contributed by atoms with Crippen LogP contribution in [0, 0.1) is 0 Å². The van der Waals surface area contributed by atoms with Crippen LogP contribution in [-0.2, 0) is 27.2 Å². The van der Waals surface area contributed by atoms with Crippen molar-refractivity contribution in [3.05, 3.63) is 65.4 Å². The van der Waals surface area contributed by atoms with Gasteiger partial charge >= 0.3 is 12.3 Å². The third-order valence-electron chi connectivity index (χ3n) is 7.53. The van der Waals surface area contributed by atoms with Gasteiger partial charge < -0.3 is 25.0 Å². The first kappa shape index (κ1) is 32.2. The van der Waals surface area contributed by atoms with E-state index in [4.69, 9.17) is 9.47 Å². The van der Waals surface area contributed by atoms with Crippen molar-refractivity contribution < 1.29 is 35.9 Å². The number of likely N-dealkylation sites (N-methyl/N-ethyl adjacent to an activating group) is 1. The average molecular weight is 650 g/mol. The lowest BCUT2D eigenvalue weighted by atomic mass is 10.1. The molecule has 3 aromatic rings. The smallest absolute Gasteiger partial charge is 0.421 e. The predicted molar refractivity (Wildman–Crippen MR) is 162 cm³/mol. The summed E-state index contributed by atoms with van der Waals surface area (Å²) >= 11 is 0. The molecule has 5 rings (SSSR count). The minimum absolute atomic E-state index is 0.173. The van der Waals surface area contributed by atoms with Gasteiger partial charge in [-0.25, -0.2) is 18.2 Å². The number of anilines is 4. The number of benzene rings is 2. The Bertz CT molecular complexity index is 1660. The molecular weight excluding hydrogens is 615 g/mol. The van der Waals surface area contributed by atoms with Crippen molar-refractivity contribution in [2.45, 2.75) is 37.2 Å². The van der Waals surface area contributed by atoms with Gasteiger partial charge in [0.2, 0.25) is 5.95 Å². The Labute approximate surface area is 258 Å². The minimum Gasteiger partial charge on any atom is -0.495 e. The number of fused-ring (bicyclic) bond motifs is 1. The molecule has 0 bridgehead atoms. The number of rotatable bonds is 10. The summed E-state index contributed by atoms with van der Waals surface area (Å²) < 4.78 is 76.9. The standard InChI is InChI=1S/C29H34F3N7O5S/c1-39-11-10-19(15-39)44-28(40)35-18-8-9-24(43-2)22(13-18)37-27-33-14-21(29(30,31)32)26(38-27)36-23-12-17-6-4-5-7-20(17)25(23)34-16-45(3,41)42/h4-9,13-14,19,23,25,34H,10-12,15-16H2,1-3H3,(H,35,40)(H2,33,36,37,38)/t19?,23-,25-/m1/s1. The highest BCUT2D eigenvalue weighted by Crippen LogP contribution is 2.38. The van der Waals surface area contributed by atoms with Crippen molar-refractivity contribution in [2.24, 2.45) is 0 Å². The molecule has 1 aromatic heterocycles. The number of likely N-dealkylation sites (tertiary alicyclic amines) is 1. The van der Waals surface area contributed by atoms with Gasteiger partial charge in [0, 0.05) is 31.2 Å². The van der Waals surface area contributed by atoms with Gasteiger partial charge in [0.25, 0.3) is 0 Å². The van der Waals surface area contributed by atoms with Crippen molar-refractivity contribution in [3.63, 3.8) is 0 Å². The van der Waals surface area contributed by atoms with Crippen molar-refractivity contribution in [3.8, 4) is 5.75 Å². The number of methoxy groups -OCH3 is 1. The van der Waals surface area contributed by atoms with E-state index in [-0.39, 0.29) is 23.6 Å². The fourth-order valence-electron chi connectivity index (χ4n) is 5.45. The molecule has 2 heterocycles. The third-order valence-corrected chi connectivity index (χ3v) is 8.22. The number of amides is 1. The molecule has 1 fully saturated rings. The van der Waals surface area contributed by atoms with Crippen LogP contribution < -0.4 is 26.0 Å². The molecular formula is C29H34F3N7O5S. The fraction of sp³-hybridized carbons (Fsp3) is 0.414. The number of ether oxygens (including phenoxy) is 2. The number of sulfone groups is 1. The molecule has 2 aliphatic rings. The van der Waals surface area contributed by atoms with Crippen LogP contribution in [0.15, 0.2) is 48.7 Å². The molecule has 1 saturated heterocycles. The third kappa shape index (κ3) is 8.12. The molecule has 1 aliphatic carbocycles. The molecule has 1 unspecified atom stereocenters. The van der Waals surface area contributed by atoms with Gasteiger partial charge in [-0.15, -0.1) is 0 Å². The number of carbonyl (C=O) groups excluding carboxylic acids is 1. The summed E-state index contributed by atoms with van der Waals surface area (Å²) in [5.74, 6) is -0.695. The van der Waals surface area contributed by atoms with Crippen LogP contribution in [0.3, 0.4) is 0 Å². The van der Waals surface area contributed by atoms with Crippen molar-refractivity contribution in [2.75, 3.05) is 55.3 Å². The molecule has 1 amide bonds. The van der Waals surface area contributed by atoms with E-state index in [2.05, 4.69) is 36.1 Å². The Morgan fingerprint density at radius 1 is 1.18 bits per heavy atom. The van der Waals surface area contributed by atoms with Crippen LogP contribution in [0.25, 0.3) is 0 Å². The Kier molecular flexibility index (Phi) is 9.36. The first-order valence-corrected chi connectivity index (χ1v) is 16.2. The van der Waals surface area contributed by atoms with Crippen molar-refractivity contribution >= 4 is 39.1 Å². The number of nitrogens with one attached hydrogen (secondary N) is 4. The average Bonchev–Trinajstić information content (AvgIpc) is 3.53. The van der Waals surface area contributed by atoms with Gasteiger partial charge in [-0.05, 0) is 49.2 Å². The molecule has 0 spiro atoms. The number of aromatic nitrogens is 2. The van der Waals surface area contributed by atoms with E-state index in [1.807, 2.05) is 25.2 Å². The van der Waals surface area contributed by atoms with Crippen LogP contribution in [0.1, 0.15) is 29.2 Å². The second-order valence-electron chi connectivity index (χ2n) is 11.1. The summed E-state index contributed by atoms with van der Waals surface area (Å²) in [6.07, 6.45) is -2.85. The van der Waals surface area contributed by atoms with Crippen molar-refractivity contribution in [1.29, 1.82) is 0 Å². The van der Waals surface area contributed by atoms with Gasteiger partial charge in [-0.2, -0.15) is 18.2 Å². The highest BCUT2D eigenvalue weighted by molar-refractivity contribution is 7.90. The van der Waals surface area contributed by atoms with Crippen LogP contribution in [0.2, 0.25) is 0 Å². The highest BCUT2D eigenvalue weighted by atomic mass is 32.2. The zero-order chi connectivity index (χ0) is 32.4. The Morgan fingerprint density at radius 2 is 1.96 bits per heavy atom. The summed E-state index contributed by atoms with van der Waals surface area (Å²) in [6, 6.07) is 10.7. The quantitative estimate of drug-likeness (QED) is 0.251. The number of alkyl halides is 3. The normalized spacial score (nSPS) is 20.0. The van der Waals surface area contributed by atoms with E-state index in [1.165, 1.54) is 13.2 Å². The summed E-state index contributed by atoms with van der Waals surface area (Å²) in [5, 5.41) is 11.4.